The predicted molar refractivity (Wildman–Crippen MR) is 87.3 cm³/mol. The minimum absolute atomic E-state index is 0.0403. The maximum absolute atomic E-state index is 12.1. The van der Waals surface area contributed by atoms with Crippen molar-refractivity contribution in [2.45, 2.75) is 6.92 Å². The lowest BCUT2D eigenvalue weighted by Crippen LogP contribution is -2.18. The molecule has 23 heavy (non-hydrogen) atoms. The van der Waals surface area contributed by atoms with E-state index in [1.165, 1.54) is 19.4 Å². The van der Waals surface area contributed by atoms with E-state index in [1.807, 2.05) is 6.92 Å². The van der Waals surface area contributed by atoms with E-state index in [0.717, 1.165) is 0 Å². The Morgan fingerprint density at radius 3 is 2.83 bits per heavy atom. The summed E-state index contributed by atoms with van der Waals surface area (Å²) in [5.74, 6) is 0.718. The first-order valence-electron chi connectivity index (χ1n) is 7.08. The highest BCUT2D eigenvalue weighted by molar-refractivity contribution is 5.97. The lowest BCUT2D eigenvalue weighted by molar-refractivity contribution is 0.0951. The van der Waals surface area contributed by atoms with Gasteiger partial charge < -0.3 is 14.6 Å². The van der Waals surface area contributed by atoms with Crippen LogP contribution in [0.4, 0.5) is 0 Å². The van der Waals surface area contributed by atoms with E-state index in [2.05, 4.69) is 10.5 Å². The van der Waals surface area contributed by atoms with Crippen LogP contribution in [0.1, 0.15) is 22.8 Å². The molecule has 2 aromatic rings. The molecule has 0 atom stereocenters. The van der Waals surface area contributed by atoms with Crippen LogP contribution in [0.3, 0.4) is 0 Å². The van der Waals surface area contributed by atoms with Crippen molar-refractivity contribution in [3.05, 3.63) is 53.6 Å². The fraction of sp³-hybridized carbons (Fsp3) is 0.176. The van der Waals surface area contributed by atoms with Gasteiger partial charge in [0.25, 0.3) is 5.91 Å². The maximum atomic E-state index is 12.1. The zero-order chi connectivity index (χ0) is 16.7. The smallest absolute Gasteiger partial charge is 0.275 e. The van der Waals surface area contributed by atoms with Gasteiger partial charge in [-0.2, -0.15) is 5.10 Å². The second-order valence-corrected chi connectivity index (χ2v) is 4.55. The first-order valence-corrected chi connectivity index (χ1v) is 7.08. The van der Waals surface area contributed by atoms with Crippen molar-refractivity contribution in [1.82, 2.24) is 5.43 Å². The Kier molecular flexibility index (Phi) is 5.57. The van der Waals surface area contributed by atoms with Crippen LogP contribution in [0, 0.1) is 0 Å². The van der Waals surface area contributed by atoms with Crippen LogP contribution in [0.15, 0.2) is 47.6 Å². The summed E-state index contributed by atoms with van der Waals surface area (Å²) in [5.41, 5.74) is 3.23. The number of nitrogens with one attached hydrogen (secondary N) is 1. The van der Waals surface area contributed by atoms with Crippen LogP contribution in [-0.4, -0.2) is 30.9 Å². The fourth-order valence-electron chi connectivity index (χ4n) is 1.92. The van der Waals surface area contributed by atoms with E-state index in [9.17, 15) is 9.90 Å². The molecule has 0 unspecified atom stereocenters. The second-order valence-electron chi connectivity index (χ2n) is 4.55. The third-order valence-corrected chi connectivity index (χ3v) is 3.04. The number of para-hydroxylation sites is 1. The van der Waals surface area contributed by atoms with Crippen molar-refractivity contribution in [2.24, 2.45) is 5.10 Å². The zero-order valence-electron chi connectivity index (χ0n) is 12.9. The number of carbonyl (C=O) groups excluding carboxylic acids is 1. The number of ether oxygens (including phenoxy) is 2. The summed E-state index contributed by atoms with van der Waals surface area (Å²) in [6.45, 7) is 2.31. The average Bonchev–Trinajstić information content (AvgIpc) is 2.57. The van der Waals surface area contributed by atoms with Crippen LogP contribution < -0.4 is 14.9 Å². The summed E-state index contributed by atoms with van der Waals surface area (Å²) in [7, 11) is 1.53. The van der Waals surface area contributed by atoms with Crippen LogP contribution in [-0.2, 0) is 0 Å². The molecular weight excluding hydrogens is 296 g/mol. The summed E-state index contributed by atoms with van der Waals surface area (Å²) in [4.78, 5) is 12.1. The van der Waals surface area contributed by atoms with Crippen molar-refractivity contribution in [1.29, 1.82) is 0 Å². The molecule has 1 amide bonds. The number of phenolic OH excluding ortho intramolecular Hbond substituents is 1. The van der Waals surface area contributed by atoms with Crippen molar-refractivity contribution < 1.29 is 19.4 Å². The molecule has 0 aliphatic carbocycles. The molecule has 6 nitrogen and oxygen atoms in total. The Labute approximate surface area is 134 Å². The second kappa shape index (κ2) is 7.84. The van der Waals surface area contributed by atoms with Gasteiger partial charge in [-0.15, -0.1) is 0 Å². The van der Waals surface area contributed by atoms with E-state index < -0.39 is 5.91 Å². The molecule has 0 saturated heterocycles. The summed E-state index contributed by atoms with van der Waals surface area (Å²) < 4.78 is 10.5. The van der Waals surface area contributed by atoms with Crippen LogP contribution >= 0.6 is 0 Å². The van der Waals surface area contributed by atoms with E-state index in [4.69, 9.17) is 9.47 Å². The molecule has 0 aliphatic heterocycles. The third kappa shape index (κ3) is 4.23. The number of hydrogen-bond acceptors (Lipinski definition) is 5. The van der Waals surface area contributed by atoms with Gasteiger partial charge in [-0.3, -0.25) is 4.79 Å². The molecule has 0 aromatic heterocycles. The molecule has 2 aromatic carbocycles. The summed E-state index contributed by atoms with van der Waals surface area (Å²) in [6, 6.07) is 11.6. The summed E-state index contributed by atoms with van der Waals surface area (Å²) in [6.07, 6.45) is 1.35. The Bertz CT molecular complexity index is 713. The number of hydrazone groups is 1. The Balaban J connectivity index is 2.10. The third-order valence-electron chi connectivity index (χ3n) is 3.04. The Hall–Kier alpha value is -3.02. The van der Waals surface area contributed by atoms with E-state index in [-0.39, 0.29) is 5.75 Å². The normalized spacial score (nSPS) is 10.5. The maximum Gasteiger partial charge on any atom is 0.275 e. The van der Waals surface area contributed by atoms with Crippen molar-refractivity contribution in [3.63, 3.8) is 0 Å². The van der Waals surface area contributed by atoms with Gasteiger partial charge in [0.05, 0.1) is 25.5 Å². The first-order chi connectivity index (χ1) is 11.2. The molecule has 0 aliphatic rings. The zero-order valence-corrected chi connectivity index (χ0v) is 12.9. The van der Waals surface area contributed by atoms with E-state index in [1.54, 1.807) is 36.4 Å². The summed E-state index contributed by atoms with van der Waals surface area (Å²) in [5, 5.41) is 13.6. The minimum atomic E-state index is -0.396. The number of hydrogen-bond donors (Lipinski definition) is 2. The molecule has 0 bridgehead atoms. The number of rotatable bonds is 6. The van der Waals surface area contributed by atoms with Crippen molar-refractivity contribution in [3.8, 4) is 17.2 Å². The quantitative estimate of drug-likeness (QED) is 0.634. The topological polar surface area (TPSA) is 80.2 Å². The standard InChI is InChI=1S/C17H18N2O4/c1-3-23-16-7-5-4-6-14(16)17(21)19-18-11-12-10-13(22-2)8-9-15(12)20/h4-11,20H,3H2,1-2H3,(H,19,21)/b18-11-. The lowest BCUT2D eigenvalue weighted by Gasteiger charge is -2.08. The molecule has 0 heterocycles. The molecular formula is C17H18N2O4. The highest BCUT2D eigenvalue weighted by atomic mass is 16.5. The molecule has 0 saturated carbocycles. The Morgan fingerprint density at radius 1 is 1.30 bits per heavy atom. The lowest BCUT2D eigenvalue weighted by atomic mass is 10.2. The molecule has 6 heteroatoms. The molecule has 0 spiro atoms. The number of aromatic hydroxyl groups is 1. The monoisotopic (exact) mass is 314 g/mol. The van der Waals surface area contributed by atoms with Crippen LogP contribution in [0.2, 0.25) is 0 Å². The Morgan fingerprint density at radius 2 is 2.09 bits per heavy atom. The van der Waals surface area contributed by atoms with Crippen LogP contribution in [0.25, 0.3) is 0 Å². The van der Waals surface area contributed by atoms with E-state index in [0.29, 0.717) is 29.2 Å². The van der Waals surface area contributed by atoms with Gasteiger partial charge >= 0.3 is 0 Å². The van der Waals surface area contributed by atoms with Gasteiger partial charge in [0, 0.05) is 5.56 Å². The molecule has 0 fully saturated rings. The number of phenols is 1. The van der Waals surface area contributed by atoms with E-state index >= 15 is 0 Å². The predicted octanol–water partition coefficient (Wildman–Crippen LogP) is 2.56. The van der Waals surface area contributed by atoms with Gasteiger partial charge in [-0.1, -0.05) is 12.1 Å². The minimum Gasteiger partial charge on any atom is -0.507 e. The van der Waals surface area contributed by atoms with Gasteiger partial charge in [0.1, 0.15) is 17.2 Å². The number of methoxy groups -OCH3 is 1. The highest BCUT2D eigenvalue weighted by Crippen LogP contribution is 2.21. The van der Waals surface area contributed by atoms with Gasteiger partial charge in [-0.25, -0.2) is 5.43 Å². The number of nitrogens with zero attached hydrogens (tertiary/aromatic N) is 1. The van der Waals surface area contributed by atoms with Crippen molar-refractivity contribution >= 4 is 12.1 Å². The van der Waals surface area contributed by atoms with Gasteiger partial charge in [0.15, 0.2) is 0 Å². The van der Waals surface area contributed by atoms with Crippen molar-refractivity contribution in [2.75, 3.05) is 13.7 Å². The first kappa shape index (κ1) is 16.4. The van der Waals surface area contributed by atoms with Gasteiger partial charge in [0.2, 0.25) is 0 Å². The molecule has 2 rings (SSSR count). The summed E-state index contributed by atoms with van der Waals surface area (Å²) >= 11 is 0. The van der Waals surface area contributed by atoms with Gasteiger partial charge in [-0.05, 0) is 37.3 Å². The number of carbonyl (C=O) groups is 1. The average molecular weight is 314 g/mol. The number of amides is 1. The SMILES string of the molecule is CCOc1ccccc1C(=O)N/N=C\c1cc(OC)ccc1O. The number of benzene rings is 2. The highest BCUT2D eigenvalue weighted by Gasteiger charge is 2.10. The molecule has 120 valence electrons. The van der Waals surface area contributed by atoms with Crippen LogP contribution in [0.5, 0.6) is 17.2 Å². The molecule has 0 radical (unpaired) electrons. The molecule has 2 N–H and O–H groups in total. The largest absolute Gasteiger partial charge is 0.507 e. The fourth-order valence-corrected chi connectivity index (χ4v) is 1.92.